The number of halogens is 1. The van der Waals surface area contributed by atoms with Gasteiger partial charge in [0.2, 0.25) is 0 Å². The molecule has 7 heteroatoms. The van der Waals surface area contributed by atoms with Gasteiger partial charge >= 0.3 is 0 Å². The fourth-order valence-corrected chi connectivity index (χ4v) is 3.78. The Labute approximate surface area is 172 Å². The minimum absolute atomic E-state index is 0.0881. The van der Waals surface area contributed by atoms with E-state index in [1.807, 2.05) is 48.7 Å². The summed E-state index contributed by atoms with van der Waals surface area (Å²) in [7, 11) is 0. The van der Waals surface area contributed by atoms with Crippen molar-refractivity contribution in [1.29, 1.82) is 0 Å². The standard InChI is InChI=1S/C21H21BrN4O2/c22-18-6-10-26(19-7-11-28-20(18)19)25-14-16-2-1-3-17(12-16)21(27)24-13-15-4-8-23-9-5-15/h1-6,8-10,12,19,25H,7,11,13-14H2,(H,24,27). The van der Waals surface area contributed by atoms with E-state index in [0.717, 1.165) is 34.4 Å². The second kappa shape index (κ2) is 8.58. The molecule has 3 heterocycles. The summed E-state index contributed by atoms with van der Waals surface area (Å²) in [6.45, 7) is 1.83. The molecule has 2 aliphatic rings. The zero-order valence-corrected chi connectivity index (χ0v) is 16.9. The smallest absolute Gasteiger partial charge is 0.251 e. The molecule has 1 fully saturated rings. The monoisotopic (exact) mass is 440 g/mol. The number of hydrogen-bond acceptors (Lipinski definition) is 5. The lowest BCUT2D eigenvalue weighted by atomic mass is 10.1. The summed E-state index contributed by atoms with van der Waals surface area (Å²) in [6.07, 6.45) is 8.37. The summed E-state index contributed by atoms with van der Waals surface area (Å²) in [4.78, 5) is 16.4. The van der Waals surface area contributed by atoms with Crippen LogP contribution in [0.3, 0.4) is 0 Å². The van der Waals surface area contributed by atoms with Gasteiger partial charge in [-0.2, -0.15) is 0 Å². The number of amides is 1. The van der Waals surface area contributed by atoms with Crippen LogP contribution in [0.2, 0.25) is 0 Å². The molecule has 2 aromatic rings. The summed E-state index contributed by atoms with van der Waals surface area (Å²) in [5, 5.41) is 5.02. The predicted octanol–water partition coefficient (Wildman–Crippen LogP) is 3.24. The van der Waals surface area contributed by atoms with Crippen LogP contribution in [0.15, 0.2) is 71.3 Å². The molecule has 1 amide bonds. The second-order valence-electron chi connectivity index (χ2n) is 6.66. The highest BCUT2D eigenvalue weighted by atomic mass is 79.9. The number of hydrogen-bond donors (Lipinski definition) is 2. The number of ether oxygens (including phenoxy) is 1. The van der Waals surface area contributed by atoms with Gasteiger partial charge < -0.3 is 15.1 Å². The van der Waals surface area contributed by atoms with Crippen molar-refractivity contribution in [3.63, 3.8) is 0 Å². The van der Waals surface area contributed by atoms with Gasteiger partial charge in [-0.3, -0.25) is 9.78 Å². The molecule has 28 heavy (non-hydrogen) atoms. The zero-order chi connectivity index (χ0) is 19.3. The van der Waals surface area contributed by atoms with E-state index in [-0.39, 0.29) is 11.9 Å². The average Bonchev–Trinajstić information content (AvgIpc) is 3.24. The van der Waals surface area contributed by atoms with Crippen molar-refractivity contribution < 1.29 is 9.53 Å². The Morgan fingerprint density at radius 2 is 2.07 bits per heavy atom. The molecule has 2 aliphatic heterocycles. The van der Waals surface area contributed by atoms with E-state index in [9.17, 15) is 4.79 Å². The minimum atomic E-state index is -0.0881. The van der Waals surface area contributed by atoms with E-state index in [0.29, 0.717) is 18.7 Å². The van der Waals surface area contributed by atoms with Crippen molar-refractivity contribution in [2.24, 2.45) is 0 Å². The van der Waals surface area contributed by atoms with Gasteiger partial charge in [0.25, 0.3) is 5.91 Å². The molecule has 0 aliphatic carbocycles. The molecule has 4 rings (SSSR count). The summed E-state index contributed by atoms with van der Waals surface area (Å²) in [6, 6.07) is 11.6. The molecule has 1 saturated heterocycles. The Balaban J connectivity index is 1.35. The van der Waals surface area contributed by atoms with Crippen molar-refractivity contribution in [3.05, 3.63) is 88.0 Å². The van der Waals surface area contributed by atoms with Gasteiger partial charge in [0, 0.05) is 43.7 Å². The van der Waals surface area contributed by atoms with E-state index in [1.165, 1.54) is 0 Å². The first-order valence-electron chi connectivity index (χ1n) is 9.19. The first-order valence-corrected chi connectivity index (χ1v) is 9.98. The number of benzene rings is 1. The van der Waals surface area contributed by atoms with E-state index >= 15 is 0 Å². The van der Waals surface area contributed by atoms with Gasteiger partial charge in [-0.1, -0.05) is 12.1 Å². The van der Waals surface area contributed by atoms with Gasteiger partial charge in [0.1, 0.15) is 11.8 Å². The van der Waals surface area contributed by atoms with Crippen LogP contribution in [-0.2, 0) is 17.8 Å². The predicted molar refractivity (Wildman–Crippen MR) is 110 cm³/mol. The van der Waals surface area contributed by atoms with Crippen LogP contribution in [0.4, 0.5) is 0 Å². The Morgan fingerprint density at radius 1 is 1.21 bits per heavy atom. The normalized spacial score (nSPS) is 18.0. The van der Waals surface area contributed by atoms with Crippen molar-refractivity contribution >= 4 is 21.8 Å². The number of carbonyl (C=O) groups is 1. The van der Waals surface area contributed by atoms with E-state index in [4.69, 9.17) is 4.74 Å². The van der Waals surface area contributed by atoms with Gasteiger partial charge in [-0.25, -0.2) is 5.43 Å². The molecule has 1 aromatic heterocycles. The lowest BCUT2D eigenvalue weighted by Gasteiger charge is -2.30. The van der Waals surface area contributed by atoms with Gasteiger partial charge in [-0.15, -0.1) is 0 Å². The maximum Gasteiger partial charge on any atom is 0.251 e. The highest BCUT2D eigenvalue weighted by Gasteiger charge is 2.31. The van der Waals surface area contributed by atoms with E-state index in [1.54, 1.807) is 12.4 Å². The highest BCUT2D eigenvalue weighted by Crippen LogP contribution is 2.32. The molecule has 0 radical (unpaired) electrons. The molecule has 1 aromatic carbocycles. The maximum absolute atomic E-state index is 12.5. The minimum Gasteiger partial charge on any atom is -0.494 e. The quantitative estimate of drug-likeness (QED) is 0.721. The van der Waals surface area contributed by atoms with Crippen LogP contribution in [0.25, 0.3) is 0 Å². The number of carbonyl (C=O) groups excluding carboxylic acids is 1. The molecule has 6 nitrogen and oxygen atoms in total. The molecule has 0 saturated carbocycles. The van der Waals surface area contributed by atoms with Crippen molar-refractivity contribution in [2.45, 2.75) is 25.6 Å². The molecule has 2 N–H and O–H groups in total. The second-order valence-corrected chi connectivity index (χ2v) is 7.52. The highest BCUT2D eigenvalue weighted by molar-refractivity contribution is 9.11. The van der Waals surface area contributed by atoms with Gasteiger partial charge in [0.05, 0.1) is 11.1 Å². The Hall–Kier alpha value is -2.64. The number of aromatic nitrogens is 1. The number of rotatable bonds is 6. The van der Waals surface area contributed by atoms with Gasteiger partial charge in [-0.05, 0) is 57.4 Å². The average molecular weight is 441 g/mol. The summed E-state index contributed by atoms with van der Waals surface area (Å²) in [5.41, 5.74) is 6.14. The Bertz CT molecular complexity index is 914. The molecule has 144 valence electrons. The molecule has 1 atom stereocenters. The molecule has 0 spiro atoms. The Morgan fingerprint density at radius 3 is 2.93 bits per heavy atom. The summed E-state index contributed by atoms with van der Waals surface area (Å²) < 4.78 is 6.71. The first-order chi connectivity index (χ1) is 13.7. The summed E-state index contributed by atoms with van der Waals surface area (Å²) in [5.74, 6) is 0.883. The zero-order valence-electron chi connectivity index (χ0n) is 15.3. The number of allylic oxidation sites excluding steroid dienone is 2. The molecule has 1 unspecified atom stereocenters. The fourth-order valence-electron chi connectivity index (χ4n) is 3.29. The maximum atomic E-state index is 12.5. The van der Waals surface area contributed by atoms with Gasteiger partial charge in [0.15, 0.2) is 0 Å². The van der Waals surface area contributed by atoms with E-state index < -0.39 is 0 Å². The lowest BCUT2D eigenvalue weighted by Crippen LogP contribution is -2.42. The number of pyridine rings is 1. The number of nitrogens with one attached hydrogen (secondary N) is 2. The number of nitrogens with zero attached hydrogens (tertiary/aromatic N) is 2. The van der Waals surface area contributed by atoms with Crippen molar-refractivity contribution in [1.82, 2.24) is 20.7 Å². The molecule has 0 bridgehead atoms. The third-order valence-electron chi connectivity index (χ3n) is 4.76. The topological polar surface area (TPSA) is 66.5 Å². The largest absolute Gasteiger partial charge is 0.494 e. The third-order valence-corrected chi connectivity index (χ3v) is 5.42. The summed E-state index contributed by atoms with van der Waals surface area (Å²) >= 11 is 3.54. The Kier molecular flexibility index (Phi) is 5.73. The molecular weight excluding hydrogens is 420 g/mol. The van der Waals surface area contributed by atoms with Crippen LogP contribution < -0.4 is 10.7 Å². The fraction of sp³-hybridized carbons (Fsp3) is 0.238. The lowest BCUT2D eigenvalue weighted by molar-refractivity contribution is 0.0950. The van der Waals surface area contributed by atoms with Crippen molar-refractivity contribution in [3.8, 4) is 0 Å². The van der Waals surface area contributed by atoms with Crippen LogP contribution in [0, 0.1) is 0 Å². The van der Waals surface area contributed by atoms with Crippen LogP contribution in [0.5, 0.6) is 0 Å². The molecular formula is C21H21BrN4O2. The van der Waals surface area contributed by atoms with Crippen LogP contribution >= 0.6 is 15.9 Å². The third kappa shape index (κ3) is 4.26. The van der Waals surface area contributed by atoms with E-state index in [2.05, 4.69) is 36.7 Å². The van der Waals surface area contributed by atoms with Crippen molar-refractivity contribution in [2.75, 3.05) is 6.61 Å². The number of hydrazine groups is 1. The van der Waals surface area contributed by atoms with Crippen LogP contribution in [-0.4, -0.2) is 28.5 Å². The SMILES string of the molecule is O=C(NCc1ccncc1)c1cccc(CNN2C=CC(Br)=C3OCCC32)c1. The van der Waals surface area contributed by atoms with Crippen LogP contribution in [0.1, 0.15) is 27.9 Å². The first kappa shape index (κ1) is 18.7. The number of fused-ring (bicyclic) bond motifs is 1.